The van der Waals surface area contributed by atoms with Crippen molar-refractivity contribution in [2.24, 2.45) is 5.73 Å². The highest BCUT2D eigenvalue weighted by Gasteiger charge is 2.29. The lowest BCUT2D eigenvalue weighted by molar-refractivity contribution is -0.116. The predicted molar refractivity (Wildman–Crippen MR) is 146 cm³/mol. The number of esters is 1. The SMILES string of the molecule is CCOC(=O)c1ccc2c(c1)NC(=O)C2=C(Nc1ccc(N(CC(C)N)C(C)=O)cc1)c1ccccc1. The van der Waals surface area contributed by atoms with Gasteiger partial charge >= 0.3 is 5.97 Å². The maximum absolute atomic E-state index is 13.2. The first-order valence-electron chi connectivity index (χ1n) is 12.1. The molecule has 0 bridgehead atoms. The van der Waals surface area contributed by atoms with Crippen molar-refractivity contribution in [3.63, 3.8) is 0 Å². The van der Waals surface area contributed by atoms with Gasteiger partial charge in [0.05, 0.1) is 29.1 Å². The third-order valence-corrected chi connectivity index (χ3v) is 5.89. The Morgan fingerprint density at radius 3 is 2.35 bits per heavy atom. The second kappa shape index (κ2) is 11.1. The predicted octanol–water partition coefficient (Wildman–Crippen LogP) is 4.50. The average molecular weight is 499 g/mol. The monoisotopic (exact) mass is 498 g/mol. The number of anilines is 3. The summed E-state index contributed by atoms with van der Waals surface area (Å²) >= 11 is 0. The largest absolute Gasteiger partial charge is 0.462 e. The minimum Gasteiger partial charge on any atom is -0.462 e. The van der Waals surface area contributed by atoms with E-state index in [9.17, 15) is 14.4 Å². The summed E-state index contributed by atoms with van der Waals surface area (Å²) in [7, 11) is 0. The number of nitrogens with zero attached hydrogens (tertiary/aromatic N) is 1. The quantitative estimate of drug-likeness (QED) is 0.311. The van der Waals surface area contributed by atoms with Crippen molar-refractivity contribution in [2.45, 2.75) is 26.8 Å². The Bertz CT molecular complexity index is 1350. The highest BCUT2D eigenvalue weighted by Crippen LogP contribution is 2.38. The Hall–Kier alpha value is -4.43. The molecule has 37 heavy (non-hydrogen) atoms. The van der Waals surface area contributed by atoms with Gasteiger partial charge in [0.15, 0.2) is 0 Å². The normalized spacial score (nSPS) is 14.3. The van der Waals surface area contributed by atoms with Crippen LogP contribution >= 0.6 is 0 Å². The van der Waals surface area contributed by atoms with E-state index in [0.29, 0.717) is 34.6 Å². The molecule has 0 aromatic heterocycles. The minimum absolute atomic E-state index is 0.0912. The summed E-state index contributed by atoms with van der Waals surface area (Å²) in [5.41, 5.74) is 10.9. The van der Waals surface area contributed by atoms with Crippen LogP contribution in [-0.4, -0.2) is 37.0 Å². The van der Waals surface area contributed by atoms with Gasteiger partial charge in [0.25, 0.3) is 5.91 Å². The van der Waals surface area contributed by atoms with Crippen LogP contribution in [0.25, 0.3) is 11.3 Å². The zero-order chi connectivity index (χ0) is 26.5. The first kappa shape index (κ1) is 25.7. The van der Waals surface area contributed by atoms with Crippen LogP contribution in [0, 0.1) is 0 Å². The summed E-state index contributed by atoms with van der Waals surface area (Å²) < 4.78 is 5.09. The zero-order valence-corrected chi connectivity index (χ0v) is 21.1. The van der Waals surface area contributed by atoms with Crippen LogP contribution < -0.4 is 21.3 Å². The van der Waals surface area contributed by atoms with Crippen LogP contribution in [0.3, 0.4) is 0 Å². The minimum atomic E-state index is -0.442. The number of carbonyl (C=O) groups is 3. The molecule has 2 amide bonds. The number of hydrogen-bond donors (Lipinski definition) is 3. The standard InChI is InChI=1S/C29H30N4O4/c1-4-37-29(36)21-10-15-24-25(16-21)32-28(35)26(24)27(20-8-6-5-7-9-20)31-22-11-13-23(14-12-22)33(19(3)34)17-18(2)30/h5-16,18,31H,4,17,30H2,1-3H3,(H,32,35). The molecule has 190 valence electrons. The number of amides is 2. The Kier molecular flexibility index (Phi) is 7.69. The Morgan fingerprint density at radius 2 is 1.73 bits per heavy atom. The van der Waals surface area contributed by atoms with E-state index in [1.807, 2.05) is 61.5 Å². The fourth-order valence-corrected chi connectivity index (χ4v) is 4.22. The van der Waals surface area contributed by atoms with Crippen LogP contribution in [0.15, 0.2) is 72.8 Å². The van der Waals surface area contributed by atoms with E-state index < -0.39 is 5.97 Å². The van der Waals surface area contributed by atoms with Crippen molar-refractivity contribution in [3.8, 4) is 0 Å². The van der Waals surface area contributed by atoms with Gasteiger partial charge < -0.3 is 26.0 Å². The Labute approximate surface area is 216 Å². The Balaban J connectivity index is 1.73. The molecular weight excluding hydrogens is 468 g/mol. The van der Waals surface area contributed by atoms with E-state index in [-0.39, 0.29) is 24.5 Å². The van der Waals surface area contributed by atoms with Crippen molar-refractivity contribution in [3.05, 3.63) is 89.5 Å². The molecule has 8 nitrogen and oxygen atoms in total. The van der Waals surface area contributed by atoms with Gasteiger partial charge in [-0.25, -0.2) is 4.79 Å². The van der Waals surface area contributed by atoms with E-state index in [4.69, 9.17) is 10.5 Å². The molecule has 8 heteroatoms. The fraction of sp³-hybridized carbons (Fsp3) is 0.207. The first-order valence-corrected chi connectivity index (χ1v) is 12.1. The van der Waals surface area contributed by atoms with Gasteiger partial charge in [-0.2, -0.15) is 0 Å². The second-order valence-corrected chi connectivity index (χ2v) is 8.83. The molecule has 0 fully saturated rings. The topological polar surface area (TPSA) is 114 Å². The van der Waals surface area contributed by atoms with Crippen molar-refractivity contribution in [1.82, 2.24) is 0 Å². The van der Waals surface area contributed by atoms with Gasteiger partial charge in [0.1, 0.15) is 0 Å². The van der Waals surface area contributed by atoms with Gasteiger partial charge in [0.2, 0.25) is 5.91 Å². The van der Waals surface area contributed by atoms with E-state index in [1.165, 1.54) is 6.92 Å². The number of ether oxygens (including phenoxy) is 1. The molecule has 1 aliphatic rings. The number of rotatable bonds is 8. The molecule has 0 spiro atoms. The summed E-state index contributed by atoms with van der Waals surface area (Å²) in [4.78, 5) is 39.1. The lowest BCUT2D eigenvalue weighted by Crippen LogP contribution is -2.38. The van der Waals surface area contributed by atoms with Gasteiger partial charge in [-0.3, -0.25) is 9.59 Å². The first-order chi connectivity index (χ1) is 17.8. The molecule has 4 N–H and O–H groups in total. The van der Waals surface area contributed by atoms with Crippen LogP contribution in [0.4, 0.5) is 17.1 Å². The molecular formula is C29H30N4O4. The van der Waals surface area contributed by atoms with Crippen molar-refractivity contribution in [1.29, 1.82) is 0 Å². The van der Waals surface area contributed by atoms with Crippen molar-refractivity contribution < 1.29 is 19.1 Å². The van der Waals surface area contributed by atoms with Crippen LogP contribution in [0.2, 0.25) is 0 Å². The van der Waals surface area contributed by atoms with Crippen LogP contribution in [0.1, 0.15) is 42.3 Å². The van der Waals surface area contributed by atoms with Gasteiger partial charge in [0, 0.05) is 36.4 Å². The summed E-state index contributed by atoms with van der Waals surface area (Å²) in [6, 6.07) is 21.8. The third-order valence-electron chi connectivity index (χ3n) is 5.89. The fourth-order valence-electron chi connectivity index (χ4n) is 4.22. The van der Waals surface area contributed by atoms with Crippen molar-refractivity contribution in [2.75, 3.05) is 28.7 Å². The van der Waals surface area contributed by atoms with E-state index in [1.54, 1.807) is 30.0 Å². The Morgan fingerprint density at radius 1 is 1.03 bits per heavy atom. The van der Waals surface area contributed by atoms with E-state index >= 15 is 0 Å². The van der Waals surface area contributed by atoms with E-state index in [0.717, 1.165) is 16.9 Å². The van der Waals surface area contributed by atoms with Gasteiger partial charge in [-0.05, 0) is 55.8 Å². The maximum atomic E-state index is 13.2. The summed E-state index contributed by atoms with van der Waals surface area (Å²) in [5, 5.41) is 6.28. The van der Waals surface area contributed by atoms with E-state index in [2.05, 4.69) is 10.6 Å². The summed E-state index contributed by atoms with van der Waals surface area (Å²) in [6.07, 6.45) is 0. The molecule has 0 saturated heterocycles. The van der Waals surface area contributed by atoms with Crippen LogP contribution in [-0.2, 0) is 14.3 Å². The molecule has 0 radical (unpaired) electrons. The van der Waals surface area contributed by atoms with Crippen LogP contribution in [0.5, 0.6) is 0 Å². The van der Waals surface area contributed by atoms with Gasteiger partial charge in [-0.1, -0.05) is 36.4 Å². The number of hydrogen-bond acceptors (Lipinski definition) is 6. The number of nitrogens with two attached hydrogens (primary N) is 1. The molecule has 3 aromatic carbocycles. The van der Waals surface area contributed by atoms with Gasteiger partial charge in [-0.15, -0.1) is 0 Å². The third kappa shape index (κ3) is 5.70. The smallest absolute Gasteiger partial charge is 0.338 e. The molecule has 3 aromatic rings. The summed E-state index contributed by atoms with van der Waals surface area (Å²) in [6.45, 7) is 5.78. The highest BCUT2D eigenvalue weighted by molar-refractivity contribution is 6.37. The molecule has 1 unspecified atom stereocenters. The number of benzene rings is 3. The maximum Gasteiger partial charge on any atom is 0.338 e. The number of nitrogens with one attached hydrogen (secondary N) is 2. The lowest BCUT2D eigenvalue weighted by atomic mass is 9.99. The van der Waals surface area contributed by atoms with Crippen molar-refractivity contribution >= 4 is 46.1 Å². The zero-order valence-electron chi connectivity index (χ0n) is 21.1. The number of carbonyl (C=O) groups excluding carboxylic acids is 3. The molecule has 1 atom stereocenters. The molecule has 1 aliphatic heterocycles. The molecule has 0 aliphatic carbocycles. The molecule has 1 heterocycles. The molecule has 4 rings (SSSR count). The average Bonchev–Trinajstić information content (AvgIpc) is 3.21. The lowest BCUT2D eigenvalue weighted by Gasteiger charge is -2.23. The molecule has 0 saturated carbocycles. The second-order valence-electron chi connectivity index (χ2n) is 8.83. The summed E-state index contributed by atoms with van der Waals surface area (Å²) in [5.74, 6) is -0.813. The highest BCUT2D eigenvalue weighted by atomic mass is 16.5. The number of fused-ring (bicyclic) bond motifs is 1.